The minimum atomic E-state index is 0.0163. The van der Waals surface area contributed by atoms with Crippen molar-refractivity contribution >= 4 is 33.8 Å². The molecule has 2 aliphatic carbocycles. The number of anilines is 1. The van der Waals surface area contributed by atoms with Gasteiger partial charge in [0, 0.05) is 68.2 Å². The number of fused-ring (bicyclic) bond motifs is 4. The van der Waals surface area contributed by atoms with Gasteiger partial charge in [-0.15, -0.1) is 0 Å². The number of benzene rings is 1. The van der Waals surface area contributed by atoms with Crippen LogP contribution in [0.15, 0.2) is 48.8 Å². The lowest BCUT2D eigenvalue weighted by molar-refractivity contribution is 0.0700. The fourth-order valence-electron chi connectivity index (χ4n) is 8.41. The fourth-order valence-corrected chi connectivity index (χ4v) is 8.41. The number of aryl methyl sites for hydroxylation is 1. The maximum Gasteiger partial charge on any atom is 0.254 e. The van der Waals surface area contributed by atoms with Crippen LogP contribution < -0.4 is 15.4 Å². The first-order valence-electron chi connectivity index (χ1n) is 17.1. The summed E-state index contributed by atoms with van der Waals surface area (Å²) in [7, 11) is 1.69. The van der Waals surface area contributed by atoms with E-state index in [-0.39, 0.29) is 18.0 Å². The molecule has 2 N–H and O–H groups in total. The topological polar surface area (TPSA) is 120 Å². The van der Waals surface area contributed by atoms with Gasteiger partial charge in [-0.3, -0.25) is 4.79 Å². The quantitative estimate of drug-likeness (QED) is 0.263. The Hall–Kier alpha value is -4.51. The average Bonchev–Trinajstić information content (AvgIpc) is 3.39. The Morgan fingerprint density at radius 2 is 1.83 bits per heavy atom. The largest absolute Gasteiger partial charge is 0.494 e. The number of pyridine rings is 1. The van der Waals surface area contributed by atoms with Crippen molar-refractivity contribution < 1.29 is 9.53 Å². The Bertz CT molecular complexity index is 2010. The number of piperidine rings is 1. The van der Waals surface area contributed by atoms with Crippen LogP contribution in [0.4, 0.5) is 5.82 Å². The molecule has 6 heterocycles. The Labute approximate surface area is 273 Å². The zero-order valence-electron chi connectivity index (χ0n) is 27.0. The summed E-state index contributed by atoms with van der Waals surface area (Å²) in [5.41, 5.74) is 10.8. The van der Waals surface area contributed by atoms with Crippen molar-refractivity contribution in [2.45, 2.75) is 64.2 Å². The monoisotopic (exact) mass is 631 g/mol. The maximum absolute atomic E-state index is 14.0. The van der Waals surface area contributed by atoms with Crippen LogP contribution in [0, 0.1) is 24.7 Å². The molecule has 4 aliphatic rings. The van der Waals surface area contributed by atoms with Gasteiger partial charge in [0.2, 0.25) is 0 Å². The zero-order chi connectivity index (χ0) is 31.8. The van der Waals surface area contributed by atoms with Gasteiger partial charge in [0.1, 0.15) is 28.6 Å². The molecule has 9 rings (SSSR count). The molecule has 2 aliphatic heterocycles. The van der Waals surface area contributed by atoms with E-state index in [1.165, 1.54) is 12.8 Å². The van der Waals surface area contributed by atoms with Gasteiger partial charge in [0.05, 0.1) is 18.3 Å². The lowest BCUT2D eigenvalue weighted by atomic mass is 10.1. The smallest absolute Gasteiger partial charge is 0.254 e. The summed E-state index contributed by atoms with van der Waals surface area (Å²) >= 11 is 0. The first-order chi connectivity index (χ1) is 22.9. The second-order valence-corrected chi connectivity index (χ2v) is 14.1. The van der Waals surface area contributed by atoms with Crippen LogP contribution in [0.3, 0.4) is 0 Å². The number of likely N-dealkylation sites (tertiary alicyclic amines) is 1. The molecule has 242 valence electrons. The Morgan fingerprint density at radius 3 is 2.60 bits per heavy atom. The number of carbonyl (C=O) groups excluding carboxylic acids is 1. The van der Waals surface area contributed by atoms with Gasteiger partial charge in [0.15, 0.2) is 5.82 Å². The second kappa shape index (κ2) is 11.0. The summed E-state index contributed by atoms with van der Waals surface area (Å²) in [6.45, 7) is 6.16. The number of rotatable bonds is 8. The summed E-state index contributed by atoms with van der Waals surface area (Å²) < 4.78 is 10.8. The van der Waals surface area contributed by atoms with E-state index >= 15 is 0 Å². The van der Waals surface area contributed by atoms with Crippen LogP contribution in [-0.2, 0) is 13.1 Å². The molecule has 4 aromatic heterocycles. The van der Waals surface area contributed by atoms with Crippen molar-refractivity contribution in [2.24, 2.45) is 23.5 Å². The molecule has 2 bridgehead atoms. The minimum absolute atomic E-state index is 0.0163. The highest BCUT2D eigenvalue weighted by Crippen LogP contribution is 2.41. The number of aromatic nitrogens is 6. The molecule has 5 aromatic rings. The molecule has 0 radical (unpaired) electrons. The highest BCUT2D eigenvalue weighted by Gasteiger charge is 2.47. The van der Waals surface area contributed by atoms with Gasteiger partial charge in [0.25, 0.3) is 5.91 Å². The highest BCUT2D eigenvalue weighted by molar-refractivity contribution is 6.00. The van der Waals surface area contributed by atoms with E-state index in [2.05, 4.69) is 31.2 Å². The number of carbonyl (C=O) groups is 1. The predicted molar refractivity (Wildman–Crippen MR) is 180 cm³/mol. The predicted octanol–water partition coefficient (Wildman–Crippen LogP) is 4.66. The van der Waals surface area contributed by atoms with Crippen molar-refractivity contribution in [1.82, 2.24) is 34.0 Å². The second-order valence-electron chi connectivity index (χ2n) is 14.1. The molecule has 0 spiro atoms. The highest BCUT2D eigenvalue weighted by atomic mass is 16.5. The minimum Gasteiger partial charge on any atom is -0.494 e. The molecule has 2 unspecified atom stereocenters. The van der Waals surface area contributed by atoms with Gasteiger partial charge < -0.3 is 29.4 Å². The Morgan fingerprint density at radius 1 is 0.957 bits per heavy atom. The average molecular weight is 632 g/mol. The van der Waals surface area contributed by atoms with Crippen LogP contribution in [0.1, 0.15) is 48.3 Å². The fraction of sp³-hybridized carbons (Fsp3) is 0.472. The molecular weight excluding hydrogens is 590 g/mol. The van der Waals surface area contributed by atoms with Crippen molar-refractivity contribution in [2.75, 3.05) is 31.6 Å². The van der Waals surface area contributed by atoms with Gasteiger partial charge in [-0.05, 0) is 93.2 Å². The SMILES string of the molecule is COc1cc(C(=O)N2CC3CCC2[C@@H]3N)cc2nc(-c3cc4cccnc4n3CC3CC3)n(C[C@@H]3CCN(c4ccnc(C)n4)C3)c12. The summed E-state index contributed by atoms with van der Waals surface area (Å²) in [5, 5.41) is 1.11. The van der Waals surface area contributed by atoms with Crippen molar-refractivity contribution in [3.05, 3.63) is 60.2 Å². The summed E-state index contributed by atoms with van der Waals surface area (Å²) in [6, 6.07) is 12.4. The van der Waals surface area contributed by atoms with Gasteiger partial charge >= 0.3 is 0 Å². The van der Waals surface area contributed by atoms with Crippen LogP contribution in [0.5, 0.6) is 5.75 Å². The molecule has 11 nitrogen and oxygen atoms in total. The molecule has 47 heavy (non-hydrogen) atoms. The molecule has 2 saturated carbocycles. The lowest BCUT2D eigenvalue weighted by Gasteiger charge is -2.27. The van der Waals surface area contributed by atoms with Crippen LogP contribution in [0.2, 0.25) is 0 Å². The third-order valence-electron chi connectivity index (χ3n) is 11.0. The summed E-state index contributed by atoms with van der Waals surface area (Å²) in [6.07, 6.45) is 9.30. The number of nitrogens with two attached hydrogens (primary N) is 1. The van der Waals surface area contributed by atoms with E-state index in [9.17, 15) is 4.79 Å². The molecule has 2 saturated heterocycles. The summed E-state index contributed by atoms with van der Waals surface area (Å²) in [5.74, 6) is 4.75. The molecule has 4 fully saturated rings. The van der Waals surface area contributed by atoms with Crippen LogP contribution in [0.25, 0.3) is 33.6 Å². The van der Waals surface area contributed by atoms with Gasteiger partial charge in [-0.25, -0.2) is 19.9 Å². The first-order valence-corrected chi connectivity index (χ1v) is 17.1. The number of imidazole rings is 1. The Balaban J connectivity index is 1.15. The van der Waals surface area contributed by atoms with E-state index in [1.807, 2.05) is 48.5 Å². The van der Waals surface area contributed by atoms with E-state index in [4.69, 9.17) is 25.4 Å². The molecule has 1 aromatic carbocycles. The van der Waals surface area contributed by atoms with E-state index in [0.29, 0.717) is 29.1 Å². The van der Waals surface area contributed by atoms with Crippen molar-refractivity contribution in [1.29, 1.82) is 0 Å². The van der Waals surface area contributed by atoms with Crippen LogP contribution in [-0.4, -0.2) is 78.7 Å². The Kier molecular flexibility index (Phi) is 6.74. The number of hydrogen-bond acceptors (Lipinski definition) is 8. The number of ether oxygens (including phenoxy) is 1. The number of hydrogen-bond donors (Lipinski definition) is 1. The van der Waals surface area contributed by atoms with E-state index in [0.717, 1.165) is 97.2 Å². The molecular formula is C36H41N9O2. The van der Waals surface area contributed by atoms with E-state index in [1.54, 1.807) is 7.11 Å². The third kappa shape index (κ3) is 4.85. The summed E-state index contributed by atoms with van der Waals surface area (Å²) in [4.78, 5) is 37.5. The molecule has 11 heteroatoms. The lowest BCUT2D eigenvalue weighted by Crippen LogP contribution is -2.41. The standard InChI is InChI=1S/C36H41N9O2/c1-21-38-12-9-31(40-21)42-13-10-23(17-42)19-45-33-27(14-26(16-30(33)47-2)36(46)44-20-25-7-8-28(44)32(25)37)41-35(45)29-15-24-4-3-11-39-34(24)43(29)18-22-5-6-22/h3-4,9,11-12,14-16,22-23,25,28,32H,5-8,10,13,17-20,37H2,1-2H3/t23-,25?,28?,32-/m1/s1. The van der Waals surface area contributed by atoms with Crippen molar-refractivity contribution in [3.63, 3.8) is 0 Å². The first kappa shape index (κ1) is 28.7. The zero-order valence-corrected chi connectivity index (χ0v) is 27.0. The van der Waals surface area contributed by atoms with Gasteiger partial charge in [-0.1, -0.05) is 0 Å². The van der Waals surface area contributed by atoms with Crippen LogP contribution >= 0.6 is 0 Å². The van der Waals surface area contributed by atoms with E-state index < -0.39 is 0 Å². The number of amides is 1. The normalized spacial score (nSPS) is 23.9. The molecule has 1 amide bonds. The number of nitrogens with zero attached hydrogens (tertiary/aromatic N) is 8. The number of methoxy groups -OCH3 is 1. The van der Waals surface area contributed by atoms with Crippen molar-refractivity contribution in [3.8, 4) is 17.3 Å². The molecule has 4 atom stereocenters. The maximum atomic E-state index is 14.0. The van der Waals surface area contributed by atoms with Gasteiger partial charge in [-0.2, -0.15) is 0 Å². The third-order valence-corrected chi connectivity index (χ3v) is 11.0.